The summed E-state index contributed by atoms with van der Waals surface area (Å²) in [6.07, 6.45) is 0.242. The molecule has 2 atom stereocenters. The van der Waals surface area contributed by atoms with Gasteiger partial charge < -0.3 is 20.6 Å². The Labute approximate surface area is 156 Å². The van der Waals surface area contributed by atoms with E-state index in [0.717, 1.165) is 5.56 Å². The number of likely N-dealkylation sites (tertiary alicyclic amines) is 1. The average molecular weight is 374 g/mol. The van der Waals surface area contributed by atoms with Gasteiger partial charge in [-0.25, -0.2) is 4.79 Å². The van der Waals surface area contributed by atoms with Crippen LogP contribution in [0.5, 0.6) is 5.75 Å². The minimum atomic E-state index is -0.491. The second kappa shape index (κ2) is 7.66. The van der Waals surface area contributed by atoms with Gasteiger partial charge in [0.1, 0.15) is 5.75 Å². The Morgan fingerprint density at radius 2 is 2.00 bits per heavy atom. The smallest absolute Gasteiger partial charge is 0.319 e. The summed E-state index contributed by atoms with van der Waals surface area (Å²) < 4.78 is 0. The summed E-state index contributed by atoms with van der Waals surface area (Å²) >= 11 is 5.87. The molecule has 3 amide bonds. The van der Waals surface area contributed by atoms with Gasteiger partial charge in [0.25, 0.3) is 0 Å². The van der Waals surface area contributed by atoms with Gasteiger partial charge in [-0.1, -0.05) is 41.9 Å². The van der Waals surface area contributed by atoms with Crippen LogP contribution in [-0.4, -0.2) is 34.5 Å². The molecule has 0 saturated carbocycles. The van der Waals surface area contributed by atoms with Crippen LogP contribution in [0.3, 0.4) is 0 Å². The summed E-state index contributed by atoms with van der Waals surface area (Å²) in [6.45, 7) is 2.41. The minimum absolute atomic E-state index is 0.00254. The van der Waals surface area contributed by atoms with Crippen molar-refractivity contribution < 1.29 is 14.7 Å². The van der Waals surface area contributed by atoms with Crippen LogP contribution in [-0.2, 0) is 4.79 Å². The lowest BCUT2D eigenvalue weighted by Crippen LogP contribution is -2.40. The van der Waals surface area contributed by atoms with Crippen LogP contribution in [0.15, 0.2) is 48.5 Å². The third-order valence-corrected chi connectivity index (χ3v) is 4.69. The second-order valence-electron chi connectivity index (χ2n) is 6.29. The van der Waals surface area contributed by atoms with Crippen molar-refractivity contribution in [1.82, 2.24) is 10.2 Å². The molecular weight excluding hydrogens is 354 g/mol. The van der Waals surface area contributed by atoms with Crippen LogP contribution in [0.2, 0.25) is 5.02 Å². The number of anilines is 1. The third kappa shape index (κ3) is 4.08. The Morgan fingerprint density at radius 3 is 2.73 bits per heavy atom. The summed E-state index contributed by atoms with van der Waals surface area (Å²) in [5.41, 5.74) is 1.27. The molecule has 1 fully saturated rings. The SMILES string of the molecule is CC(c1ccccc1)N1CC(NC(=O)Nc2cc(Cl)ccc2O)CC1=O. The van der Waals surface area contributed by atoms with Crippen molar-refractivity contribution in [1.29, 1.82) is 0 Å². The molecule has 1 aliphatic heterocycles. The Kier molecular flexibility index (Phi) is 5.32. The van der Waals surface area contributed by atoms with Gasteiger partial charge in [0.15, 0.2) is 0 Å². The van der Waals surface area contributed by atoms with E-state index in [1.54, 1.807) is 4.90 Å². The van der Waals surface area contributed by atoms with Gasteiger partial charge in [0.05, 0.1) is 17.8 Å². The molecule has 3 rings (SSSR count). The number of phenols is 1. The van der Waals surface area contributed by atoms with E-state index >= 15 is 0 Å². The molecule has 0 spiro atoms. The van der Waals surface area contributed by atoms with Crippen LogP contribution in [0.4, 0.5) is 10.5 Å². The molecular formula is C19H20ClN3O3. The number of rotatable bonds is 4. The molecule has 26 heavy (non-hydrogen) atoms. The number of nitrogens with zero attached hydrogens (tertiary/aromatic N) is 1. The molecule has 0 bridgehead atoms. The Bertz CT molecular complexity index is 813. The predicted molar refractivity (Wildman–Crippen MR) is 100 cm³/mol. The number of carbonyl (C=O) groups excluding carboxylic acids is 2. The van der Waals surface area contributed by atoms with E-state index in [0.29, 0.717) is 11.6 Å². The molecule has 0 radical (unpaired) electrons. The molecule has 7 heteroatoms. The van der Waals surface area contributed by atoms with E-state index in [1.165, 1.54) is 18.2 Å². The van der Waals surface area contributed by atoms with E-state index in [4.69, 9.17) is 11.6 Å². The zero-order valence-electron chi connectivity index (χ0n) is 14.3. The van der Waals surface area contributed by atoms with Crippen LogP contribution in [0.25, 0.3) is 0 Å². The van der Waals surface area contributed by atoms with Crippen LogP contribution < -0.4 is 10.6 Å². The maximum Gasteiger partial charge on any atom is 0.319 e. The predicted octanol–water partition coefficient (Wildman–Crippen LogP) is 3.53. The summed E-state index contributed by atoms with van der Waals surface area (Å²) in [4.78, 5) is 26.3. The lowest BCUT2D eigenvalue weighted by molar-refractivity contribution is -0.129. The first-order valence-electron chi connectivity index (χ1n) is 8.34. The highest BCUT2D eigenvalue weighted by atomic mass is 35.5. The number of carbonyl (C=O) groups is 2. The topological polar surface area (TPSA) is 81.7 Å². The Morgan fingerprint density at radius 1 is 1.27 bits per heavy atom. The van der Waals surface area contributed by atoms with Gasteiger partial charge in [-0.2, -0.15) is 0 Å². The first-order valence-corrected chi connectivity index (χ1v) is 8.72. The number of benzene rings is 2. The quantitative estimate of drug-likeness (QED) is 0.717. The highest BCUT2D eigenvalue weighted by molar-refractivity contribution is 6.31. The van der Waals surface area contributed by atoms with Gasteiger partial charge in [0, 0.05) is 18.0 Å². The van der Waals surface area contributed by atoms with E-state index in [2.05, 4.69) is 10.6 Å². The minimum Gasteiger partial charge on any atom is -0.506 e. The van der Waals surface area contributed by atoms with Crippen molar-refractivity contribution in [2.75, 3.05) is 11.9 Å². The summed E-state index contributed by atoms with van der Waals surface area (Å²) in [6, 6.07) is 13.3. The van der Waals surface area contributed by atoms with Crippen molar-refractivity contribution in [2.24, 2.45) is 0 Å². The number of nitrogens with one attached hydrogen (secondary N) is 2. The zero-order chi connectivity index (χ0) is 18.7. The number of phenolic OH excluding ortho intramolecular Hbond substituents is 1. The fourth-order valence-electron chi connectivity index (χ4n) is 3.07. The lowest BCUT2D eigenvalue weighted by atomic mass is 10.1. The van der Waals surface area contributed by atoms with Gasteiger partial charge in [-0.3, -0.25) is 4.79 Å². The van der Waals surface area contributed by atoms with Crippen molar-refractivity contribution in [2.45, 2.75) is 25.4 Å². The maximum atomic E-state index is 12.3. The molecule has 2 aromatic carbocycles. The molecule has 2 unspecified atom stereocenters. The monoisotopic (exact) mass is 373 g/mol. The lowest BCUT2D eigenvalue weighted by Gasteiger charge is -2.25. The van der Waals surface area contributed by atoms with Crippen molar-refractivity contribution in [3.05, 3.63) is 59.1 Å². The highest BCUT2D eigenvalue weighted by Crippen LogP contribution is 2.27. The van der Waals surface area contributed by atoms with Crippen molar-refractivity contribution in [3.8, 4) is 5.75 Å². The highest BCUT2D eigenvalue weighted by Gasteiger charge is 2.34. The van der Waals surface area contributed by atoms with E-state index in [-0.39, 0.29) is 35.8 Å². The summed E-state index contributed by atoms with van der Waals surface area (Å²) in [5, 5.41) is 15.5. The van der Waals surface area contributed by atoms with Crippen molar-refractivity contribution >= 4 is 29.2 Å². The Balaban J connectivity index is 1.60. The standard InChI is InChI=1S/C19H20ClN3O3/c1-12(13-5-3-2-4-6-13)23-11-15(10-18(23)25)21-19(26)22-16-9-14(20)7-8-17(16)24/h2-9,12,15,24H,10-11H2,1H3,(H2,21,22,26). The maximum absolute atomic E-state index is 12.3. The average Bonchev–Trinajstić information content (AvgIpc) is 2.98. The first-order chi connectivity index (χ1) is 12.4. The number of aromatic hydroxyl groups is 1. The largest absolute Gasteiger partial charge is 0.506 e. The van der Waals surface area contributed by atoms with Gasteiger partial charge in [-0.05, 0) is 30.7 Å². The van der Waals surface area contributed by atoms with Crippen LogP contribution in [0, 0.1) is 0 Å². The molecule has 136 valence electrons. The van der Waals surface area contributed by atoms with E-state index in [1.807, 2.05) is 37.3 Å². The van der Waals surface area contributed by atoms with Gasteiger partial charge in [0.2, 0.25) is 5.91 Å². The number of hydrogen-bond donors (Lipinski definition) is 3. The van der Waals surface area contributed by atoms with E-state index in [9.17, 15) is 14.7 Å². The van der Waals surface area contributed by atoms with Crippen molar-refractivity contribution in [3.63, 3.8) is 0 Å². The number of amides is 3. The number of hydrogen-bond acceptors (Lipinski definition) is 3. The van der Waals surface area contributed by atoms with Gasteiger partial charge >= 0.3 is 6.03 Å². The first kappa shape index (κ1) is 18.1. The Hall–Kier alpha value is -2.73. The fourth-order valence-corrected chi connectivity index (χ4v) is 3.24. The van der Waals surface area contributed by atoms with Gasteiger partial charge in [-0.15, -0.1) is 0 Å². The molecule has 0 aliphatic carbocycles. The third-order valence-electron chi connectivity index (χ3n) is 4.45. The number of urea groups is 1. The summed E-state index contributed by atoms with van der Waals surface area (Å²) in [7, 11) is 0. The molecule has 2 aromatic rings. The van der Waals surface area contributed by atoms with Crippen LogP contribution in [0.1, 0.15) is 24.9 Å². The fraction of sp³-hybridized carbons (Fsp3) is 0.263. The molecule has 3 N–H and O–H groups in total. The number of halogens is 1. The zero-order valence-corrected chi connectivity index (χ0v) is 15.0. The second-order valence-corrected chi connectivity index (χ2v) is 6.73. The summed E-state index contributed by atoms with van der Waals surface area (Å²) in [5.74, 6) is -0.0800. The molecule has 6 nitrogen and oxygen atoms in total. The molecule has 1 aliphatic rings. The molecule has 1 heterocycles. The molecule has 1 saturated heterocycles. The normalized spacial score (nSPS) is 17.8. The van der Waals surface area contributed by atoms with E-state index < -0.39 is 6.03 Å². The molecule has 0 aromatic heterocycles. The van der Waals surface area contributed by atoms with Crippen LogP contribution >= 0.6 is 11.6 Å².